The van der Waals surface area contributed by atoms with E-state index in [2.05, 4.69) is 15.5 Å². The Balaban J connectivity index is 1.47. The van der Waals surface area contributed by atoms with Crippen molar-refractivity contribution in [2.24, 2.45) is 0 Å². The number of benzene rings is 1. The molecular formula is C16H18F2N6O2. The lowest BCUT2D eigenvalue weighted by molar-refractivity contribution is -0.140. The van der Waals surface area contributed by atoms with Crippen molar-refractivity contribution in [3.05, 3.63) is 41.7 Å². The minimum Gasteiger partial charge on any atom is -0.339 e. The normalized spacial score (nSPS) is 14.5. The lowest BCUT2D eigenvalue weighted by Crippen LogP contribution is -2.51. The van der Waals surface area contributed by atoms with Crippen LogP contribution in [0.4, 0.5) is 8.78 Å². The highest BCUT2D eigenvalue weighted by molar-refractivity contribution is 5.78. The van der Waals surface area contributed by atoms with E-state index in [1.165, 1.54) is 29.2 Å². The maximum Gasteiger partial charge on any atom is 0.244 e. The molecule has 0 atom stereocenters. The fourth-order valence-corrected chi connectivity index (χ4v) is 2.86. The van der Waals surface area contributed by atoms with Crippen LogP contribution in [0.15, 0.2) is 24.5 Å². The van der Waals surface area contributed by atoms with Crippen LogP contribution in [0.2, 0.25) is 0 Å². The van der Waals surface area contributed by atoms with Gasteiger partial charge in [0.25, 0.3) is 0 Å². The van der Waals surface area contributed by atoms with Gasteiger partial charge in [-0.3, -0.25) is 9.59 Å². The molecular weight excluding hydrogens is 346 g/mol. The fourth-order valence-electron chi connectivity index (χ4n) is 2.86. The molecule has 0 spiro atoms. The van der Waals surface area contributed by atoms with Crippen LogP contribution in [0, 0.1) is 11.6 Å². The Morgan fingerprint density at radius 2 is 1.62 bits per heavy atom. The molecule has 1 aromatic carbocycles. The SMILES string of the molecule is O=C(CCc1c(F)cccc1F)N1CCN(C(=O)Cn2cnnn2)CC1. The summed E-state index contributed by atoms with van der Waals surface area (Å²) in [5.41, 5.74) is -0.0731. The van der Waals surface area contributed by atoms with Crippen molar-refractivity contribution >= 4 is 11.8 Å². The van der Waals surface area contributed by atoms with Crippen LogP contribution in [0.1, 0.15) is 12.0 Å². The van der Waals surface area contributed by atoms with E-state index < -0.39 is 11.6 Å². The van der Waals surface area contributed by atoms with Gasteiger partial charge in [0.05, 0.1) is 0 Å². The highest BCUT2D eigenvalue weighted by atomic mass is 19.1. The van der Waals surface area contributed by atoms with Gasteiger partial charge >= 0.3 is 0 Å². The maximum absolute atomic E-state index is 13.6. The lowest BCUT2D eigenvalue weighted by atomic mass is 10.1. The number of carbonyl (C=O) groups excluding carboxylic acids is 2. The first-order valence-electron chi connectivity index (χ1n) is 8.24. The standard InChI is InChI=1S/C16H18F2N6O2/c17-13-2-1-3-14(18)12(13)4-5-15(25)22-6-8-23(9-7-22)16(26)10-24-11-19-20-21-24/h1-3,11H,4-10H2. The summed E-state index contributed by atoms with van der Waals surface area (Å²) in [5, 5.41) is 10.6. The molecule has 0 radical (unpaired) electrons. The van der Waals surface area contributed by atoms with Crippen molar-refractivity contribution in [3.63, 3.8) is 0 Å². The molecule has 3 rings (SSSR count). The van der Waals surface area contributed by atoms with E-state index in [1.807, 2.05) is 0 Å². The number of aromatic nitrogens is 4. The van der Waals surface area contributed by atoms with Crippen molar-refractivity contribution < 1.29 is 18.4 Å². The molecule has 26 heavy (non-hydrogen) atoms. The van der Waals surface area contributed by atoms with E-state index in [-0.39, 0.29) is 36.8 Å². The highest BCUT2D eigenvalue weighted by Gasteiger charge is 2.24. The van der Waals surface area contributed by atoms with Crippen LogP contribution in [0.25, 0.3) is 0 Å². The monoisotopic (exact) mass is 364 g/mol. The maximum atomic E-state index is 13.6. The average Bonchev–Trinajstić information content (AvgIpc) is 3.14. The van der Waals surface area contributed by atoms with E-state index in [0.717, 1.165) is 0 Å². The summed E-state index contributed by atoms with van der Waals surface area (Å²) in [7, 11) is 0. The van der Waals surface area contributed by atoms with E-state index in [4.69, 9.17) is 0 Å². The number of carbonyl (C=O) groups is 2. The minimum atomic E-state index is -0.643. The molecule has 2 aromatic rings. The van der Waals surface area contributed by atoms with E-state index >= 15 is 0 Å². The third kappa shape index (κ3) is 4.19. The first-order valence-corrected chi connectivity index (χ1v) is 8.24. The number of halogens is 2. The Labute approximate surface area is 148 Å². The second-order valence-corrected chi connectivity index (χ2v) is 5.97. The van der Waals surface area contributed by atoms with Gasteiger partial charge in [0.2, 0.25) is 11.8 Å². The molecule has 1 aliphatic heterocycles. The third-order valence-electron chi connectivity index (χ3n) is 4.32. The number of tetrazole rings is 1. The Morgan fingerprint density at radius 1 is 1.00 bits per heavy atom. The number of hydrogen-bond donors (Lipinski definition) is 0. The number of piperazine rings is 1. The molecule has 0 saturated carbocycles. The third-order valence-corrected chi connectivity index (χ3v) is 4.32. The topological polar surface area (TPSA) is 84.2 Å². The number of hydrogen-bond acceptors (Lipinski definition) is 5. The molecule has 138 valence electrons. The first kappa shape index (κ1) is 17.9. The Bertz CT molecular complexity index is 755. The summed E-state index contributed by atoms with van der Waals surface area (Å²) in [6.45, 7) is 1.63. The fraction of sp³-hybridized carbons (Fsp3) is 0.438. The predicted octanol–water partition coefficient (Wildman–Crippen LogP) is 0.255. The molecule has 0 aliphatic carbocycles. The first-order chi connectivity index (χ1) is 12.5. The molecule has 0 N–H and O–H groups in total. The van der Waals surface area contributed by atoms with Gasteiger partial charge in [-0.1, -0.05) is 6.07 Å². The summed E-state index contributed by atoms with van der Waals surface area (Å²) < 4.78 is 28.6. The van der Waals surface area contributed by atoms with Crippen molar-refractivity contribution in [2.45, 2.75) is 19.4 Å². The molecule has 2 heterocycles. The zero-order chi connectivity index (χ0) is 18.5. The van der Waals surface area contributed by atoms with Crippen molar-refractivity contribution in [2.75, 3.05) is 26.2 Å². The van der Waals surface area contributed by atoms with Crippen LogP contribution in [0.5, 0.6) is 0 Å². The van der Waals surface area contributed by atoms with E-state index in [9.17, 15) is 18.4 Å². The van der Waals surface area contributed by atoms with Crippen LogP contribution < -0.4 is 0 Å². The van der Waals surface area contributed by atoms with Gasteiger partial charge in [-0.25, -0.2) is 13.5 Å². The van der Waals surface area contributed by atoms with Crippen LogP contribution in [0.3, 0.4) is 0 Å². The van der Waals surface area contributed by atoms with Crippen LogP contribution in [-0.4, -0.2) is 68.0 Å². The molecule has 10 heteroatoms. The molecule has 1 aromatic heterocycles. The highest BCUT2D eigenvalue weighted by Crippen LogP contribution is 2.15. The van der Waals surface area contributed by atoms with Crippen LogP contribution >= 0.6 is 0 Å². The molecule has 0 bridgehead atoms. The molecule has 1 fully saturated rings. The Hall–Kier alpha value is -2.91. The van der Waals surface area contributed by atoms with Gasteiger partial charge in [0.15, 0.2) is 0 Å². The van der Waals surface area contributed by atoms with Gasteiger partial charge in [-0.15, -0.1) is 5.10 Å². The minimum absolute atomic E-state index is 0.00971. The van der Waals surface area contributed by atoms with Gasteiger partial charge in [-0.2, -0.15) is 0 Å². The number of nitrogens with zero attached hydrogens (tertiary/aromatic N) is 6. The summed E-state index contributed by atoms with van der Waals surface area (Å²) in [5.74, 6) is -1.59. The van der Waals surface area contributed by atoms with Gasteiger partial charge in [-0.05, 0) is 29.0 Å². The van der Waals surface area contributed by atoms with Crippen LogP contribution in [-0.2, 0) is 22.6 Å². The largest absolute Gasteiger partial charge is 0.339 e. The van der Waals surface area contributed by atoms with Gasteiger partial charge in [0, 0.05) is 38.2 Å². The second-order valence-electron chi connectivity index (χ2n) is 5.97. The van der Waals surface area contributed by atoms with Gasteiger partial charge < -0.3 is 9.80 Å². The smallest absolute Gasteiger partial charge is 0.244 e. The Morgan fingerprint density at radius 3 is 2.19 bits per heavy atom. The van der Waals surface area contributed by atoms with Crippen molar-refractivity contribution in [1.82, 2.24) is 30.0 Å². The molecule has 2 amide bonds. The zero-order valence-corrected chi connectivity index (χ0v) is 14.0. The van der Waals surface area contributed by atoms with E-state index in [1.54, 1.807) is 9.80 Å². The average molecular weight is 364 g/mol. The quantitative estimate of drug-likeness (QED) is 0.760. The summed E-state index contributed by atoms with van der Waals surface area (Å²) in [6.07, 6.45) is 1.39. The predicted molar refractivity (Wildman–Crippen MR) is 85.7 cm³/mol. The Kier molecular flexibility index (Phi) is 5.49. The lowest BCUT2D eigenvalue weighted by Gasteiger charge is -2.34. The zero-order valence-electron chi connectivity index (χ0n) is 14.0. The molecule has 1 aliphatic rings. The summed E-state index contributed by atoms with van der Waals surface area (Å²) >= 11 is 0. The van der Waals surface area contributed by atoms with Gasteiger partial charge in [0.1, 0.15) is 24.5 Å². The molecule has 0 unspecified atom stereocenters. The molecule has 1 saturated heterocycles. The number of rotatable bonds is 5. The number of amides is 2. The molecule has 8 nitrogen and oxygen atoms in total. The van der Waals surface area contributed by atoms with Crippen molar-refractivity contribution in [3.8, 4) is 0 Å². The van der Waals surface area contributed by atoms with E-state index in [0.29, 0.717) is 26.2 Å². The summed E-state index contributed by atoms with van der Waals surface area (Å²) in [4.78, 5) is 27.7. The summed E-state index contributed by atoms with van der Waals surface area (Å²) in [6, 6.07) is 3.65. The van der Waals surface area contributed by atoms with Crippen molar-refractivity contribution in [1.29, 1.82) is 0 Å². The second kappa shape index (κ2) is 7.98.